The van der Waals surface area contributed by atoms with Gasteiger partial charge in [0.1, 0.15) is 11.6 Å². The lowest BCUT2D eigenvalue weighted by molar-refractivity contribution is -0.124. The Morgan fingerprint density at radius 2 is 2.12 bits per heavy atom. The lowest BCUT2D eigenvalue weighted by atomic mass is 10.2. The average molecular weight is 240 g/mol. The van der Waals surface area contributed by atoms with Crippen molar-refractivity contribution in [1.29, 1.82) is 0 Å². The zero-order chi connectivity index (χ0) is 12.4. The fourth-order valence-corrected chi connectivity index (χ4v) is 1.76. The van der Waals surface area contributed by atoms with Crippen LogP contribution in [0.15, 0.2) is 18.2 Å². The number of esters is 1. The molecule has 0 radical (unpaired) electrons. The molecular weight excluding hydrogens is 230 g/mol. The molecule has 0 bridgehead atoms. The number of hydrogen-bond donors (Lipinski definition) is 0. The van der Waals surface area contributed by atoms with E-state index in [1.54, 1.807) is 0 Å². The van der Waals surface area contributed by atoms with Crippen molar-refractivity contribution >= 4 is 11.8 Å². The van der Waals surface area contributed by atoms with Crippen molar-refractivity contribution in [2.45, 2.75) is 25.4 Å². The smallest absolute Gasteiger partial charge is 0.341 e. The largest absolute Gasteiger partial charge is 0.451 e. The van der Waals surface area contributed by atoms with Crippen molar-refractivity contribution in [3.05, 3.63) is 35.4 Å². The number of halogens is 2. The summed E-state index contributed by atoms with van der Waals surface area (Å²) in [6, 6.07) is 2.58. The molecule has 0 aliphatic heterocycles. The van der Waals surface area contributed by atoms with E-state index >= 15 is 0 Å². The van der Waals surface area contributed by atoms with Crippen molar-refractivity contribution in [3.63, 3.8) is 0 Å². The number of rotatable bonds is 2. The van der Waals surface area contributed by atoms with Gasteiger partial charge in [0.15, 0.2) is 11.9 Å². The normalized spacial score (nSPS) is 19.4. The molecule has 5 heteroatoms. The molecule has 17 heavy (non-hydrogen) atoms. The fraction of sp³-hybridized carbons (Fsp3) is 0.333. The summed E-state index contributed by atoms with van der Waals surface area (Å²) in [4.78, 5) is 22.8. The third kappa shape index (κ3) is 2.49. The highest BCUT2D eigenvalue weighted by atomic mass is 19.1. The predicted molar refractivity (Wildman–Crippen MR) is 54.4 cm³/mol. The number of ketones is 1. The molecule has 3 nitrogen and oxygen atoms in total. The van der Waals surface area contributed by atoms with Crippen LogP contribution in [0.1, 0.15) is 29.6 Å². The van der Waals surface area contributed by atoms with E-state index in [2.05, 4.69) is 0 Å². The number of Topliss-reactive ketones (excluding diaryl/α,β-unsaturated/α-hetero) is 1. The van der Waals surface area contributed by atoms with E-state index in [1.807, 2.05) is 0 Å². The first-order valence-corrected chi connectivity index (χ1v) is 5.26. The van der Waals surface area contributed by atoms with Crippen molar-refractivity contribution in [2.75, 3.05) is 0 Å². The van der Waals surface area contributed by atoms with Crippen LogP contribution in [0.3, 0.4) is 0 Å². The first-order chi connectivity index (χ1) is 8.08. The molecule has 1 aliphatic carbocycles. The Kier molecular flexibility index (Phi) is 3.17. The molecule has 0 heterocycles. The van der Waals surface area contributed by atoms with E-state index in [1.165, 1.54) is 0 Å². The van der Waals surface area contributed by atoms with Crippen LogP contribution in [0.4, 0.5) is 8.78 Å². The quantitative estimate of drug-likeness (QED) is 0.744. The van der Waals surface area contributed by atoms with Crippen LogP contribution in [0, 0.1) is 11.6 Å². The zero-order valence-corrected chi connectivity index (χ0v) is 8.91. The molecule has 1 aromatic rings. The molecule has 2 rings (SSSR count). The van der Waals surface area contributed by atoms with Crippen LogP contribution >= 0.6 is 0 Å². The summed E-state index contributed by atoms with van der Waals surface area (Å²) in [6.07, 6.45) is 0.729. The van der Waals surface area contributed by atoms with Gasteiger partial charge in [-0.05, 0) is 25.0 Å². The third-order valence-electron chi connectivity index (χ3n) is 2.65. The minimum absolute atomic E-state index is 0.152. The molecule has 1 atom stereocenters. The van der Waals surface area contributed by atoms with Gasteiger partial charge < -0.3 is 4.74 Å². The Morgan fingerprint density at radius 1 is 1.35 bits per heavy atom. The third-order valence-corrected chi connectivity index (χ3v) is 2.65. The Hall–Kier alpha value is -1.78. The zero-order valence-electron chi connectivity index (χ0n) is 8.91. The van der Waals surface area contributed by atoms with Gasteiger partial charge in [-0.1, -0.05) is 0 Å². The van der Waals surface area contributed by atoms with Crippen molar-refractivity contribution < 1.29 is 23.1 Å². The summed E-state index contributed by atoms with van der Waals surface area (Å²) in [5.41, 5.74) is -0.355. The lowest BCUT2D eigenvalue weighted by Crippen LogP contribution is -2.22. The van der Waals surface area contributed by atoms with Gasteiger partial charge in [-0.3, -0.25) is 4.79 Å². The molecule has 0 aromatic heterocycles. The predicted octanol–water partition coefficient (Wildman–Crippen LogP) is 2.24. The highest BCUT2D eigenvalue weighted by molar-refractivity contribution is 5.93. The molecule has 0 spiro atoms. The molecular formula is C12H10F2O3. The summed E-state index contributed by atoms with van der Waals surface area (Å²) in [5, 5.41) is 0. The topological polar surface area (TPSA) is 43.4 Å². The number of benzene rings is 1. The first-order valence-electron chi connectivity index (χ1n) is 5.26. The van der Waals surface area contributed by atoms with Gasteiger partial charge in [0.2, 0.25) is 0 Å². The van der Waals surface area contributed by atoms with Crippen molar-refractivity contribution in [1.82, 2.24) is 0 Å². The summed E-state index contributed by atoms with van der Waals surface area (Å²) in [6.45, 7) is 0. The second-order valence-electron chi connectivity index (χ2n) is 3.88. The Balaban J connectivity index is 2.11. The number of carbonyl (C=O) groups is 2. The molecule has 1 aliphatic rings. The molecule has 1 saturated carbocycles. The average Bonchev–Trinajstić information content (AvgIpc) is 2.64. The molecule has 0 amide bonds. The maximum atomic E-state index is 13.2. The summed E-state index contributed by atoms with van der Waals surface area (Å²) in [5.74, 6) is -2.83. The second-order valence-corrected chi connectivity index (χ2v) is 3.88. The van der Waals surface area contributed by atoms with Crippen LogP contribution in [0.5, 0.6) is 0 Å². The van der Waals surface area contributed by atoms with Gasteiger partial charge in [0.05, 0.1) is 5.56 Å². The van der Waals surface area contributed by atoms with Gasteiger partial charge in [0.25, 0.3) is 0 Å². The lowest BCUT2D eigenvalue weighted by Gasteiger charge is -2.10. The van der Waals surface area contributed by atoms with E-state index in [-0.39, 0.29) is 11.3 Å². The monoisotopic (exact) mass is 240 g/mol. The molecule has 1 aromatic carbocycles. The number of carbonyl (C=O) groups excluding carboxylic acids is 2. The summed E-state index contributed by atoms with van der Waals surface area (Å²) >= 11 is 0. The Morgan fingerprint density at radius 3 is 2.71 bits per heavy atom. The SMILES string of the molecule is O=C(O[C@H]1CCCC1=O)c1ccc(F)cc1F. The van der Waals surface area contributed by atoms with Gasteiger partial charge in [-0.15, -0.1) is 0 Å². The Labute approximate surface area is 96.4 Å². The van der Waals surface area contributed by atoms with Gasteiger partial charge >= 0.3 is 5.97 Å². The molecule has 0 saturated heterocycles. The van der Waals surface area contributed by atoms with E-state index in [9.17, 15) is 18.4 Å². The molecule has 1 fully saturated rings. The van der Waals surface area contributed by atoms with E-state index in [4.69, 9.17) is 4.74 Å². The van der Waals surface area contributed by atoms with Crippen LogP contribution in [-0.2, 0) is 9.53 Å². The Bertz CT molecular complexity index is 471. The van der Waals surface area contributed by atoms with E-state index < -0.39 is 23.7 Å². The van der Waals surface area contributed by atoms with Gasteiger partial charge in [-0.25, -0.2) is 13.6 Å². The van der Waals surface area contributed by atoms with Crippen molar-refractivity contribution in [2.24, 2.45) is 0 Å². The van der Waals surface area contributed by atoms with Crippen LogP contribution in [-0.4, -0.2) is 17.9 Å². The van der Waals surface area contributed by atoms with Gasteiger partial charge in [-0.2, -0.15) is 0 Å². The molecule has 0 N–H and O–H groups in total. The summed E-state index contributed by atoms with van der Waals surface area (Å²) in [7, 11) is 0. The van der Waals surface area contributed by atoms with E-state index in [0.717, 1.165) is 12.1 Å². The van der Waals surface area contributed by atoms with Crippen LogP contribution in [0.25, 0.3) is 0 Å². The molecule has 0 unspecified atom stereocenters. The standard InChI is InChI=1S/C12H10F2O3/c13-7-4-5-8(9(14)6-7)12(16)17-11-3-1-2-10(11)15/h4-6,11H,1-3H2/t11-/m0/s1. The maximum Gasteiger partial charge on any atom is 0.341 e. The van der Waals surface area contributed by atoms with E-state index in [0.29, 0.717) is 25.3 Å². The fourth-order valence-electron chi connectivity index (χ4n) is 1.76. The highest BCUT2D eigenvalue weighted by Crippen LogP contribution is 2.20. The minimum atomic E-state index is -0.986. The molecule has 90 valence electrons. The maximum absolute atomic E-state index is 13.2. The highest BCUT2D eigenvalue weighted by Gasteiger charge is 2.29. The number of ether oxygens (including phenoxy) is 1. The van der Waals surface area contributed by atoms with Crippen molar-refractivity contribution in [3.8, 4) is 0 Å². The number of hydrogen-bond acceptors (Lipinski definition) is 3. The van der Waals surface area contributed by atoms with Gasteiger partial charge in [0, 0.05) is 12.5 Å². The summed E-state index contributed by atoms with van der Waals surface area (Å²) < 4.78 is 30.8. The van der Waals surface area contributed by atoms with Crippen LogP contribution < -0.4 is 0 Å². The second kappa shape index (κ2) is 4.61. The minimum Gasteiger partial charge on any atom is -0.451 e. The van der Waals surface area contributed by atoms with Crippen LogP contribution in [0.2, 0.25) is 0 Å². The first kappa shape index (κ1) is 11.7.